The third-order valence-electron chi connectivity index (χ3n) is 3.31. The van der Waals surface area contributed by atoms with Crippen LogP contribution in [0.2, 0.25) is 0 Å². The molecule has 0 spiro atoms. The zero-order valence-electron chi connectivity index (χ0n) is 11.5. The van der Waals surface area contributed by atoms with Crippen molar-refractivity contribution in [1.29, 1.82) is 0 Å². The van der Waals surface area contributed by atoms with Crippen molar-refractivity contribution < 1.29 is 4.79 Å². The Morgan fingerprint density at radius 3 is 2.58 bits per heavy atom. The summed E-state index contributed by atoms with van der Waals surface area (Å²) in [6.07, 6.45) is 4.49. The van der Waals surface area contributed by atoms with Gasteiger partial charge in [-0.1, -0.05) is 31.5 Å². The Morgan fingerprint density at radius 2 is 1.95 bits per heavy atom. The third kappa shape index (κ3) is 4.55. The van der Waals surface area contributed by atoms with Crippen LogP contribution in [-0.4, -0.2) is 29.3 Å². The van der Waals surface area contributed by atoms with E-state index in [9.17, 15) is 4.79 Å². The lowest BCUT2D eigenvalue weighted by Gasteiger charge is -2.28. The van der Waals surface area contributed by atoms with E-state index < -0.39 is 0 Å². The second-order valence-corrected chi connectivity index (χ2v) is 6.13. The van der Waals surface area contributed by atoms with Crippen molar-refractivity contribution in [3.8, 4) is 0 Å². The SMILES string of the molecule is CCC(Sc1ccccc1)C(=O)NN1CCCCC1. The number of nitrogens with zero attached hydrogens (tertiary/aromatic N) is 1. The first kappa shape index (κ1) is 14.4. The van der Waals surface area contributed by atoms with Gasteiger partial charge in [-0.25, -0.2) is 5.01 Å². The average molecular weight is 278 g/mol. The molecule has 2 rings (SSSR count). The molecule has 1 fully saturated rings. The quantitative estimate of drug-likeness (QED) is 0.840. The van der Waals surface area contributed by atoms with Crippen LogP contribution in [0.15, 0.2) is 35.2 Å². The smallest absolute Gasteiger partial charge is 0.247 e. The number of carbonyl (C=O) groups excluding carboxylic acids is 1. The van der Waals surface area contributed by atoms with Crippen molar-refractivity contribution in [3.05, 3.63) is 30.3 Å². The second-order valence-electron chi connectivity index (χ2n) is 4.85. The predicted octanol–water partition coefficient (Wildman–Crippen LogP) is 3.07. The monoisotopic (exact) mass is 278 g/mol. The van der Waals surface area contributed by atoms with Crippen molar-refractivity contribution in [2.24, 2.45) is 0 Å². The Bertz CT molecular complexity index is 390. The summed E-state index contributed by atoms with van der Waals surface area (Å²) in [5.74, 6) is 0.137. The Kier molecular flexibility index (Phi) is 5.73. The molecule has 0 saturated carbocycles. The van der Waals surface area contributed by atoms with Crippen molar-refractivity contribution >= 4 is 17.7 Å². The molecule has 1 heterocycles. The molecule has 0 aliphatic carbocycles. The topological polar surface area (TPSA) is 32.3 Å². The van der Waals surface area contributed by atoms with Gasteiger partial charge in [0.2, 0.25) is 5.91 Å². The van der Waals surface area contributed by atoms with E-state index in [1.807, 2.05) is 18.2 Å². The molecule has 1 aliphatic heterocycles. The molecule has 1 aromatic carbocycles. The molecular weight excluding hydrogens is 256 g/mol. The molecule has 1 unspecified atom stereocenters. The lowest BCUT2D eigenvalue weighted by Crippen LogP contribution is -2.48. The van der Waals surface area contributed by atoms with Gasteiger partial charge < -0.3 is 0 Å². The minimum absolute atomic E-state index is 0.00988. The fourth-order valence-electron chi connectivity index (χ4n) is 2.22. The molecule has 104 valence electrons. The van der Waals surface area contributed by atoms with E-state index in [1.54, 1.807) is 11.8 Å². The van der Waals surface area contributed by atoms with Gasteiger partial charge in [0.25, 0.3) is 0 Å². The van der Waals surface area contributed by atoms with Gasteiger partial charge in [0, 0.05) is 18.0 Å². The molecule has 3 nitrogen and oxygen atoms in total. The molecule has 1 aliphatic rings. The Balaban J connectivity index is 1.87. The first-order chi connectivity index (χ1) is 9.29. The van der Waals surface area contributed by atoms with Gasteiger partial charge in [-0.05, 0) is 31.4 Å². The Hall–Kier alpha value is -1.00. The van der Waals surface area contributed by atoms with E-state index in [4.69, 9.17) is 0 Å². The van der Waals surface area contributed by atoms with Crippen LogP contribution in [0.25, 0.3) is 0 Å². The van der Waals surface area contributed by atoms with Crippen molar-refractivity contribution in [1.82, 2.24) is 10.4 Å². The maximum atomic E-state index is 12.3. The summed E-state index contributed by atoms with van der Waals surface area (Å²) < 4.78 is 0. The standard InChI is InChI=1S/C15H22N2OS/c1-2-14(19-13-9-5-3-6-10-13)15(18)16-17-11-7-4-8-12-17/h3,5-6,9-10,14H,2,4,7-8,11-12H2,1H3,(H,16,18). The van der Waals surface area contributed by atoms with Gasteiger partial charge in [0.05, 0.1) is 5.25 Å². The van der Waals surface area contributed by atoms with Gasteiger partial charge >= 0.3 is 0 Å². The molecule has 1 atom stereocenters. The van der Waals surface area contributed by atoms with Crippen LogP contribution in [0.1, 0.15) is 32.6 Å². The Labute approximate surface area is 119 Å². The molecule has 1 aromatic rings. The maximum Gasteiger partial charge on any atom is 0.247 e. The summed E-state index contributed by atoms with van der Waals surface area (Å²) in [4.78, 5) is 13.4. The number of hydrazine groups is 1. The number of thioether (sulfide) groups is 1. The zero-order chi connectivity index (χ0) is 13.5. The van der Waals surface area contributed by atoms with Gasteiger partial charge in [-0.3, -0.25) is 10.2 Å². The molecule has 19 heavy (non-hydrogen) atoms. The number of rotatable bonds is 5. The van der Waals surface area contributed by atoms with E-state index in [1.165, 1.54) is 19.3 Å². The third-order valence-corrected chi connectivity index (χ3v) is 4.69. The van der Waals surface area contributed by atoms with Crippen LogP contribution in [-0.2, 0) is 4.79 Å². The predicted molar refractivity (Wildman–Crippen MR) is 79.9 cm³/mol. The lowest BCUT2D eigenvalue weighted by molar-refractivity contribution is -0.125. The normalized spacial score (nSPS) is 17.9. The highest BCUT2D eigenvalue weighted by Crippen LogP contribution is 2.25. The minimum Gasteiger partial charge on any atom is -0.288 e. The minimum atomic E-state index is -0.00988. The maximum absolute atomic E-state index is 12.3. The van der Waals surface area contributed by atoms with Gasteiger partial charge in [0.15, 0.2) is 0 Å². The van der Waals surface area contributed by atoms with E-state index >= 15 is 0 Å². The molecule has 1 N–H and O–H groups in total. The fourth-order valence-corrected chi connectivity index (χ4v) is 3.19. The second kappa shape index (κ2) is 7.56. The largest absolute Gasteiger partial charge is 0.288 e. The highest BCUT2D eigenvalue weighted by Gasteiger charge is 2.20. The van der Waals surface area contributed by atoms with Crippen molar-refractivity contribution in [3.63, 3.8) is 0 Å². The van der Waals surface area contributed by atoms with Crippen LogP contribution in [0.4, 0.5) is 0 Å². The molecule has 1 saturated heterocycles. The summed E-state index contributed by atoms with van der Waals surface area (Å²) in [5.41, 5.74) is 3.06. The summed E-state index contributed by atoms with van der Waals surface area (Å²) in [7, 11) is 0. The van der Waals surface area contributed by atoms with E-state index in [0.29, 0.717) is 0 Å². The molecule has 4 heteroatoms. The number of hydrogen-bond acceptors (Lipinski definition) is 3. The average Bonchev–Trinajstić information content (AvgIpc) is 2.47. The zero-order valence-corrected chi connectivity index (χ0v) is 12.3. The first-order valence-corrected chi connectivity index (χ1v) is 7.94. The van der Waals surface area contributed by atoms with Crippen LogP contribution >= 0.6 is 11.8 Å². The molecule has 0 aromatic heterocycles. The molecular formula is C15H22N2OS. The fraction of sp³-hybridized carbons (Fsp3) is 0.533. The van der Waals surface area contributed by atoms with Crippen LogP contribution in [0, 0.1) is 0 Å². The number of nitrogens with one attached hydrogen (secondary N) is 1. The van der Waals surface area contributed by atoms with Crippen molar-refractivity contribution in [2.75, 3.05) is 13.1 Å². The highest BCUT2D eigenvalue weighted by molar-refractivity contribution is 8.00. The van der Waals surface area contributed by atoms with Crippen molar-refractivity contribution in [2.45, 2.75) is 42.8 Å². The van der Waals surface area contributed by atoms with E-state index in [0.717, 1.165) is 24.4 Å². The van der Waals surface area contributed by atoms with Crippen LogP contribution < -0.4 is 5.43 Å². The summed E-state index contributed by atoms with van der Waals surface area (Å²) in [6, 6.07) is 10.1. The first-order valence-electron chi connectivity index (χ1n) is 7.06. The highest BCUT2D eigenvalue weighted by atomic mass is 32.2. The Morgan fingerprint density at radius 1 is 1.26 bits per heavy atom. The molecule has 1 amide bonds. The summed E-state index contributed by atoms with van der Waals surface area (Å²) in [6.45, 7) is 4.03. The number of amides is 1. The molecule has 0 bridgehead atoms. The van der Waals surface area contributed by atoms with Gasteiger partial charge in [0.1, 0.15) is 0 Å². The van der Waals surface area contributed by atoms with Gasteiger partial charge in [-0.15, -0.1) is 11.8 Å². The lowest BCUT2D eigenvalue weighted by atomic mass is 10.2. The number of hydrogen-bond donors (Lipinski definition) is 1. The van der Waals surface area contributed by atoms with E-state index in [2.05, 4.69) is 29.5 Å². The van der Waals surface area contributed by atoms with Crippen LogP contribution in [0.5, 0.6) is 0 Å². The molecule has 0 radical (unpaired) electrons. The van der Waals surface area contributed by atoms with E-state index in [-0.39, 0.29) is 11.2 Å². The number of piperidine rings is 1. The summed E-state index contributed by atoms with van der Waals surface area (Å²) in [5, 5.41) is 2.06. The number of benzene rings is 1. The summed E-state index contributed by atoms with van der Waals surface area (Å²) >= 11 is 1.65. The number of carbonyl (C=O) groups is 1. The van der Waals surface area contributed by atoms with Crippen LogP contribution in [0.3, 0.4) is 0 Å². The van der Waals surface area contributed by atoms with Gasteiger partial charge in [-0.2, -0.15) is 0 Å².